The molecule has 11 heteroatoms. The van der Waals surface area contributed by atoms with Crippen molar-refractivity contribution < 1.29 is 9.18 Å². The first-order chi connectivity index (χ1) is 15.4. The molecule has 5 heterocycles. The second-order valence-corrected chi connectivity index (χ2v) is 8.14. The quantitative estimate of drug-likeness (QED) is 0.502. The number of halogens is 1. The first-order valence-corrected chi connectivity index (χ1v) is 10.3. The number of fused-ring (bicyclic) bond motifs is 2. The Bertz CT molecular complexity index is 1330. The molecule has 0 bridgehead atoms. The van der Waals surface area contributed by atoms with E-state index in [2.05, 4.69) is 54.5 Å². The number of amides is 1. The predicted octanol–water partition coefficient (Wildman–Crippen LogP) is 1.95. The summed E-state index contributed by atoms with van der Waals surface area (Å²) in [7, 11) is 0. The molecule has 0 aromatic carbocycles. The van der Waals surface area contributed by atoms with Gasteiger partial charge in [-0.3, -0.25) is 9.78 Å². The van der Waals surface area contributed by atoms with Crippen LogP contribution < -0.4 is 15.5 Å². The summed E-state index contributed by atoms with van der Waals surface area (Å²) in [6, 6.07) is 1.76. The van der Waals surface area contributed by atoms with Crippen LogP contribution in [-0.4, -0.2) is 60.6 Å². The molecule has 5 rings (SSSR count). The van der Waals surface area contributed by atoms with E-state index in [1.165, 1.54) is 16.7 Å². The van der Waals surface area contributed by atoms with Gasteiger partial charge in [0.2, 0.25) is 0 Å². The molecule has 2 N–H and O–H groups in total. The van der Waals surface area contributed by atoms with Crippen molar-refractivity contribution in [1.29, 1.82) is 0 Å². The molecule has 0 aliphatic carbocycles. The monoisotopic (exact) mass is 435 g/mol. The number of pyridine rings is 1. The van der Waals surface area contributed by atoms with Crippen LogP contribution in [0, 0.1) is 12.7 Å². The molecule has 0 saturated carbocycles. The van der Waals surface area contributed by atoms with Gasteiger partial charge in [0.25, 0.3) is 5.91 Å². The van der Waals surface area contributed by atoms with Crippen LogP contribution >= 0.6 is 0 Å². The average molecular weight is 435 g/mol. The number of hydrogen-bond acceptors (Lipinski definition) is 8. The Morgan fingerprint density at radius 1 is 1.12 bits per heavy atom. The van der Waals surface area contributed by atoms with Crippen molar-refractivity contribution in [2.75, 3.05) is 23.3 Å². The van der Waals surface area contributed by atoms with Gasteiger partial charge >= 0.3 is 0 Å². The number of carbonyl (C=O) groups excluding carboxylic acids is 1. The van der Waals surface area contributed by atoms with Gasteiger partial charge in [-0.05, 0) is 20.8 Å². The van der Waals surface area contributed by atoms with Gasteiger partial charge in [-0.15, -0.1) is 10.2 Å². The predicted molar refractivity (Wildman–Crippen MR) is 117 cm³/mol. The zero-order valence-electron chi connectivity index (χ0n) is 17.9. The number of imidazole rings is 1. The number of aromatic nitrogens is 6. The molecule has 32 heavy (non-hydrogen) atoms. The number of nitrogens with zero attached hydrogens (tertiary/aromatic N) is 7. The van der Waals surface area contributed by atoms with E-state index in [0.717, 1.165) is 13.1 Å². The average Bonchev–Trinajstić information content (AvgIpc) is 3.13. The molecule has 1 aliphatic heterocycles. The fourth-order valence-corrected chi connectivity index (χ4v) is 4.17. The largest absolute Gasteiger partial charge is 0.350 e. The van der Waals surface area contributed by atoms with Gasteiger partial charge in [0, 0.05) is 56.0 Å². The van der Waals surface area contributed by atoms with Crippen LogP contribution in [0.15, 0.2) is 30.9 Å². The fraction of sp³-hybridized carbons (Fsp3) is 0.333. The minimum atomic E-state index is -0.549. The van der Waals surface area contributed by atoms with Crippen LogP contribution in [0.2, 0.25) is 0 Å². The molecule has 0 spiro atoms. The highest BCUT2D eigenvalue weighted by Crippen LogP contribution is 2.25. The van der Waals surface area contributed by atoms with E-state index in [0.29, 0.717) is 22.5 Å². The number of carbonyl (C=O) groups is 1. The highest BCUT2D eigenvalue weighted by molar-refractivity contribution is 6.10. The Morgan fingerprint density at radius 2 is 1.84 bits per heavy atom. The minimum Gasteiger partial charge on any atom is -0.350 e. The van der Waals surface area contributed by atoms with Crippen molar-refractivity contribution in [3.63, 3.8) is 0 Å². The third kappa shape index (κ3) is 3.60. The van der Waals surface area contributed by atoms with Crippen LogP contribution in [0.25, 0.3) is 16.7 Å². The van der Waals surface area contributed by atoms with Crippen LogP contribution in [0.1, 0.15) is 30.0 Å². The molecular formula is C21H22FN9O. The van der Waals surface area contributed by atoms with E-state index in [1.807, 2.05) is 0 Å². The molecule has 0 radical (unpaired) electrons. The lowest BCUT2D eigenvalue weighted by atomic mass is 10.1. The molecular weight excluding hydrogens is 413 g/mol. The van der Waals surface area contributed by atoms with E-state index < -0.39 is 11.7 Å². The summed E-state index contributed by atoms with van der Waals surface area (Å²) < 4.78 is 15.9. The molecule has 4 aromatic heterocycles. The van der Waals surface area contributed by atoms with Gasteiger partial charge in [-0.1, -0.05) is 0 Å². The summed E-state index contributed by atoms with van der Waals surface area (Å²) in [4.78, 5) is 28.0. The lowest BCUT2D eigenvalue weighted by Crippen LogP contribution is -2.54. The number of aryl methyl sites for hydroxylation is 1. The van der Waals surface area contributed by atoms with Crippen LogP contribution in [-0.2, 0) is 0 Å². The summed E-state index contributed by atoms with van der Waals surface area (Å²) in [6.45, 7) is 7.44. The molecule has 1 fully saturated rings. The number of piperazine rings is 1. The first kappa shape index (κ1) is 20.2. The standard InChI is InChI=1S/C21H22FN9O/c1-11-7-30(8-12(2)25-11)20-17-16(23-4-5-24-17)18(28-29-20)21(32)27-14-6-15(22)19-26-13(3)9-31(19)10-14/h4-6,9-12,25H,7-8H2,1-3H3,(H,27,32). The lowest BCUT2D eigenvalue weighted by Gasteiger charge is -2.36. The SMILES string of the molecule is Cc1cn2cc(NC(=O)c3nnc(N4CC(C)NC(C)C4)c4nccnc34)cc(F)c2n1. The third-order valence-corrected chi connectivity index (χ3v) is 5.34. The summed E-state index contributed by atoms with van der Waals surface area (Å²) in [6.07, 6.45) is 6.34. The van der Waals surface area contributed by atoms with E-state index in [9.17, 15) is 9.18 Å². The Balaban J connectivity index is 1.50. The Labute approximate surface area is 182 Å². The maximum Gasteiger partial charge on any atom is 0.278 e. The highest BCUT2D eigenvalue weighted by atomic mass is 19.1. The van der Waals surface area contributed by atoms with Crippen molar-refractivity contribution in [2.45, 2.75) is 32.9 Å². The van der Waals surface area contributed by atoms with Crippen molar-refractivity contribution >= 4 is 34.1 Å². The van der Waals surface area contributed by atoms with E-state index in [1.54, 1.807) is 25.5 Å². The lowest BCUT2D eigenvalue weighted by molar-refractivity contribution is 0.102. The van der Waals surface area contributed by atoms with Crippen LogP contribution in [0.4, 0.5) is 15.9 Å². The highest BCUT2D eigenvalue weighted by Gasteiger charge is 2.26. The number of anilines is 2. The summed E-state index contributed by atoms with van der Waals surface area (Å²) in [5, 5.41) is 14.7. The summed E-state index contributed by atoms with van der Waals surface area (Å²) in [5.74, 6) is -0.498. The maximum absolute atomic E-state index is 14.4. The third-order valence-electron chi connectivity index (χ3n) is 5.34. The summed E-state index contributed by atoms with van der Waals surface area (Å²) in [5.41, 5.74) is 2.00. The Kier molecular flexibility index (Phi) is 4.89. The van der Waals surface area contributed by atoms with Gasteiger partial charge < -0.3 is 19.9 Å². The molecule has 1 amide bonds. The van der Waals surface area contributed by atoms with Crippen LogP contribution in [0.3, 0.4) is 0 Å². The van der Waals surface area contributed by atoms with Gasteiger partial charge in [0.15, 0.2) is 23.0 Å². The zero-order valence-corrected chi connectivity index (χ0v) is 17.9. The smallest absolute Gasteiger partial charge is 0.278 e. The molecule has 1 aliphatic rings. The van der Waals surface area contributed by atoms with Crippen molar-refractivity contribution in [3.05, 3.63) is 48.1 Å². The van der Waals surface area contributed by atoms with E-state index >= 15 is 0 Å². The molecule has 164 valence electrons. The van der Waals surface area contributed by atoms with E-state index in [-0.39, 0.29) is 29.1 Å². The van der Waals surface area contributed by atoms with Crippen molar-refractivity contribution in [2.24, 2.45) is 0 Å². The number of hydrogen-bond donors (Lipinski definition) is 2. The van der Waals surface area contributed by atoms with Gasteiger partial charge in [-0.2, -0.15) is 0 Å². The number of nitrogens with one attached hydrogen (secondary N) is 2. The number of rotatable bonds is 3. The second-order valence-electron chi connectivity index (χ2n) is 8.14. The maximum atomic E-state index is 14.4. The van der Waals surface area contributed by atoms with Crippen LogP contribution in [0.5, 0.6) is 0 Å². The summed E-state index contributed by atoms with van der Waals surface area (Å²) >= 11 is 0. The Morgan fingerprint density at radius 3 is 2.59 bits per heavy atom. The minimum absolute atomic E-state index is 0.0235. The fourth-order valence-electron chi connectivity index (χ4n) is 4.17. The first-order valence-electron chi connectivity index (χ1n) is 10.3. The Hall–Kier alpha value is -3.73. The van der Waals surface area contributed by atoms with Crippen molar-refractivity contribution in [1.82, 2.24) is 34.9 Å². The molecule has 4 aromatic rings. The molecule has 2 unspecified atom stereocenters. The van der Waals surface area contributed by atoms with Gasteiger partial charge in [0.1, 0.15) is 11.0 Å². The molecule has 1 saturated heterocycles. The molecule has 10 nitrogen and oxygen atoms in total. The van der Waals surface area contributed by atoms with E-state index in [4.69, 9.17) is 0 Å². The topological polar surface area (TPSA) is 113 Å². The molecule has 2 atom stereocenters. The van der Waals surface area contributed by atoms with Gasteiger partial charge in [0.05, 0.1) is 11.4 Å². The normalized spacial score (nSPS) is 18.9. The van der Waals surface area contributed by atoms with Gasteiger partial charge in [-0.25, -0.2) is 14.4 Å². The second kappa shape index (κ2) is 7.75. The van der Waals surface area contributed by atoms with Crippen molar-refractivity contribution in [3.8, 4) is 0 Å². The zero-order chi connectivity index (χ0) is 22.4.